The zero-order valence-corrected chi connectivity index (χ0v) is 13.7. The first-order valence-corrected chi connectivity index (χ1v) is 7.92. The van der Waals surface area contributed by atoms with Gasteiger partial charge in [0.1, 0.15) is 17.4 Å². The zero-order chi connectivity index (χ0) is 16.5. The highest BCUT2D eigenvalue weighted by molar-refractivity contribution is 7.98. The van der Waals surface area contributed by atoms with Gasteiger partial charge in [-0.1, -0.05) is 44.7 Å². The summed E-state index contributed by atoms with van der Waals surface area (Å²) >= 11 is 1.28. The number of benzene rings is 1. The van der Waals surface area contributed by atoms with Gasteiger partial charge in [-0.05, 0) is 23.3 Å². The Labute approximate surface area is 133 Å². The van der Waals surface area contributed by atoms with Crippen LogP contribution in [-0.4, -0.2) is 21.3 Å². The van der Waals surface area contributed by atoms with E-state index >= 15 is 0 Å². The highest BCUT2D eigenvalue weighted by Crippen LogP contribution is 2.34. The quantitative estimate of drug-likeness (QED) is 0.656. The summed E-state index contributed by atoms with van der Waals surface area (Å²) in [6.07, 6.45) is 1.79. The van der Waals surface area contributed by atoms with Crippen molar-refractivity contribution in [2.75, 3.05) is 6.26 Å². The van der Waals surface area contributed by atoms with E-state index in [9.17, 15) is 15.2 Å². The van der Waals surface area contributed by atoms with E-state index in [-0.39, 0.29) is 22.4 Å². The number of hydrogen-bond donors (Lipinski definition) is 2. The van der Waals surface area contributed by atoms with E-state index in [4.69, 9.17) is 0 Å². The lowest BCUT2D eigenvalue weighted by atomic mass is 9.85. The van der Waals surface area contributed by atoms with Crippen LogP contribution in [-0.2, 0) is 5.41 Å². The maximum absolute atomic E-state index is 11.9. The Morgan fingerprint density at radius 2 is 2.05 bits per heavy atom. The molecule has 2 N–H and O–H groups in total. The minimum Gasteiger partial charge on any atom is -0.508 e. The van der Waals surface area contributed by atoms with Crippen molar-refractivity contribution >= 4 is 11.8 Å². The molecule has 0 amide bonds. The van der Waals surface area contributed by atoms with E-state index < -0.39 is 5.56 Å². The van der Waals surface area contributed by atoms with Gasteiger partial charge in [-0.2, -0.15) is 5.26 Å². The summed E-state index contributed by atoms with van der Waals surface area (Å²) in [6.45, 7) is 6.00. The highest BCUT2D eigenvalue weighted by atomic mass is 32.2. The van der Waals surface area contributed by atoms with E-state index in [0.717, 1.165) is 5.56 Å². The Bertz CT molecular complexity index is 814. The number of phenolic OH excluding ortho intramolecular Hbond substituents is 1. The van der Waals surface area contributed by atoms with E-state index in [1.54, 1.807) is 24.5 Å². The van der Waals surface area contributed by atoms with Gasteiger partial charge in [-0.3, -0.25) is 4.79 Å². The molecule has 2 aromatic rings. The predicted molar refractivity (Wildman–Crippen MR) is 87.2 cm³/mol. The maximum atomic E-state index is 11.9. The SMILES string of the molecule is CSc1nc(-c2ccc(C(C)(C)C)c(O)c2)c(C#N)c(=O)[nH]1. The van der Waals surface area contributed by atoms with Crippen molar-refractivity contribution in [3.05, 3.63) is 39.7 Å². The summed E-state index contributed by atoms with van der Waals surface area (Å²) in [7, 11) is 0. The van der Waals surface area contributed by atoms with Gasteiger partial charge in [0.15, 0.2) is 5.16 Å². The number of nitrogens with zero attached hydrogens (tertiary/aromatic N) is 2. The Kier molecular flexibility index (Phi) is 4.29. The van der Waals surface area contributed by atoms with Crippen LogP contribution in [0.3, 0.4) is 0 Å². The Morgan fingerprint density at radius 3 is 2.55 bits per heavy atom. The fourth-order valence-corrected chi connectivity index (χ4v) is 2.55. The number of aromatic nitrogens is 2. The molecule has 0 aliphatic carbocycles. The normalized spacial score (nSPS) is 11.2. The van der Waals surface area contributed by atoms with E-state index in [2.05, 4.69) is 9.97 Å². The number of rotatable bonds is 2. The first kappa shape index (κ1) is 16.1. The second kappa shape index (κ2) is 5.85. The molecule has 0 saturated heterocycles. The van der Waals surface area contributed by atoms with Crippen LogP contribution in [0.15, 0.2) is 28.2 Å². The molecule has 0 unspecified atom stereocenters. The Morgan fingerprint density at radius 1 is 1.36 bits per heavy atom. The molecule has 0 aliphatic heterocycles. The van der Waals surface area contributed by atoms with Gasteiger partial charge in [0.05, 0.1) is 5.69 Å². The number of thioether (sulfide) groups is 1. The fourth-order valence-electron chi connectivity index (χ4n) is 2.17. The van der Waals surface area contributed by atoms with Crippen LogP contribution in [0, 0.1) is 11.3 Å². The third-order valence-electron chi connectivity index (χ3n) is 3.28. The average molecular weight is 315 g/mol. The van der Waals surface area contributed by atoms with Gasteiger partial charge < -0.3 is 10.1 Å². The van der Waals surface area contributed by atoms with E-state index in [1.165, 1.54) is 11.8 Å². The fraction of sp³-hybridized carbons (Fsp3) is 0.312. The highest BCUT2D eigenvalue weighted by Gasteiger charge is 2.20. The lowest BCUT2D eigenvalue weighted by Gasteiger charge is -2.20. The van der Waals surface area contributed by atoms with Gasteiger partial charge in [-0.15, -0.1) is 0 Å². The molecule has 0 radical (unpaired) electrons. The topological polar surface area (TPSA) is 89.8 Å². The Hall–Kier alpha value is -2.26. The molecule has 1 aromatic carbocycles. The van der Waals surface area contributed by atoms with Crippen molar-refractivity contribution in [2.24, 2.45) is 0 Å². The summed E-state index contributed by atoms with van der Waals surface area (Å²) in [4.78, 5) is 18.8. The number of phenols is 1. The monoisotopic (exact) mass is 315 g/mol. The number of nitrogens with one attached hydrogen (secondary N) is 1. The number of H-pyrrole nitrogens is 1. The van der Waals surface area contributed by atoms with Crippen LogP contribution in [0.25, 0.3) is 11.3 Å². The third-order valence-corrected chi connectivity index (χ3v) is 3.86. The molecule has 22 heavy (non-hydrogen) atoms. The molecule has 6 heteroatoms. The van der Waals surface area contributed by atoms with Crippen molar-refractivity contribution in [3.8, 4) is 23.1 Å². The minimum absolute atomic E-state index is 0.0549. The molecule has 0 fully saturated rings. The number of hydrogen-bond acceptors (Lipinski definition) is 5. The predicted octanol–water partition coefficient (Wildman–Crippen LogP) is 3.03. The molecule has 114 valence electrons. The van der Waals surface area contributed by atoms with Crippen molar-refractivity contribution in [2.45, 2.75) is 31.3 Å². The van der Waals surface area contributed by atoms with Gasteiger partial charge in [0.2, 0.25) is 0 Å². The molecule has 0 saturated carbocycles. The molecule has 0 aliphatic rings. The van der Waals surface area contributed by atoms with Crippen LogP contribution in [0.5, 0.6) is 5.75 Å². The number of aromatic amines is 1. The molecule has 0 atom stereocenters. The first-order valence-electron chi connectivity index (χ1n) is 6.70. The lowest BCUT2D eigenvalue weighted by Crippen LogP contribution is -2.15. The molecule has 0 bridgehead atoms. The van der Waals surface area contributed by atoms with Crippen molar-refractivity contribution in [3.63, 3.8) is 0 Å². The van der Waals surface area contributed by atoms with Crippen LogP contribution in [0.2, 0.25) is 0 Å². The average Bonchev–Trinajstić information content (AvgIpc) is 2.44. The zero-order valence-electron chi connectivity index (χ0n) is 12.9. The molecule has 1 aromatic heterocycles. The smallest absolute Gasteiger partial charge is 0.270 e. The van der Waals surface area contributed by atoms with Gasteiger partial charge in [-0.25, -0.2) is 4.98 Å². The standard InChI is InChI=1S/C16H17N3O2S/c1-16(2,3)11-6-5-9(7-12(11)20)13-10(8-17)14(21)19-15(18-13)22-4/h5-7,20H,1-4H3,(H,18,19,21). The summed E-state index contributed by atoms with van der Waals surface area (Å²) < 4.78 is 0. The number of aromatic hydroxyl groups is 1. The van der Waals surface area contributed by atoms with Crippen LogP contribution < -0.4 is 5.56 Å². The molecular formula is C16H17N3O2S. The van der Waals surface area contributed by atoms with Gasteiger partial charge in [0.25, 0.3) is 5.56 Å². The molecule has 0 spiro atoms. The van der Waals surface area contributed by atoms with E-state index in [1.807, 2.05) is 26.8 Å². The summed E-state index contributed by atoms with van der Waals surface area (Å²) in [5, 5.41) is 19.9. The second-order valence-electron chi connectivity index (χ2n) is 5.89. The van der Waals surface area contributed by atoms with Crippen molar-refractivity contribution < 1.29 is 5.11 Å². The molecule has 2 rings (SSSR count). The van der Waals surface area contributed by atoms with Gasteiger partial charge >= 0.3 is 0 Å². The largest absolute Gasteiger partial charge is 0.508 e. The summed E-state index contributed by atoms with van der Waals surface area (Å²) in [6, 6.07) is 7.00. The Balaban J connectivity index is 2.68. The van der Waals surface area contributed by atoms with Crippen LogP contribution in [0.4, 0.5) is 0 Å². The van der Waals surface area contributed by atoms with E-state index in [0.29, 0.717) is 10.7 Å². The maximum Gasteiger partial charge on any atom is 0.270 e. The summed E-state index contributed by atoms with van der Waals surface area (Å²) in [5.74, 6) is 0.127. The molecule has 5 nitrogen and oxygen atoms in total. The van der Waals surface area contributed by atoms with Gasteiger partial charge in [0, 0.05) is 5.56 Å². The van der Waals surface area contributed by atoms with Crippen molar-refractivity contribution in [1.82, 2.24) is 9.97 Å². The summed E-state index contributed by atoms with van der Waals surface area (Å²) in [5.41, 5.74) is 0.892. The minimum atomic E-state index is -0.476. The molecule has 1 heterocycles. The lowest BCUT2D eigenvalue weighted by molar-refractivity contribution is 0.447. The molecular weight excluding hydrogens is 298 g/mol. The first-order chi connectivity index (χ1) is 10.3. The van der Waals surface area contributed by atoms with Crippen LogP contribution in [0.1, 0.15) is 31.9 Å². The number of nitriles is 1. The van der Waals surface area contributed by atoms with Crippen molar-refractivity contribution in [1.29, 1.82) is 5.26 Å². The second-order valence-corrected chi connectivity index (χ2v) is 6.69. The third kappa shape index (κ3) is 3.00. The van der Waals surface area contributed by atoms with Crippen LogP contribution >= 0.6 is 11.8 Å².